The molecule has 0 aliphatic heterocycles. The van der Waals surface area contributed by atoms with Gasteiger partial charge < -0.3 is 9.84 Å². The van der Waals surface area contributed by atoms with E-state index in [0.717, 1.165) is 16.9 Å². The van der Waals surface area contributed by atoms with Gasteiger partial charge in [0.2, 0.25) is 0 Å². The molecule has 0 aliphatic carbocycles. The summed E-state index contributed by atoms with van der Waals surface area (Å²) in [5.41, 5.74) is 2.96. The van der Waals surface area contributed by atoms with Gasteiger partial charge in [-0.05, 0) is 30.2 Å². The van der Waals surface area contributed by atoms with E-state index in [1.165, 1.54) is 5.56 Å². The topological polar surface area (TPSA) is 29.5 Å². The van der Waals surface area contributed by atoms with Gasteiger partial charge >= 0.3 is 0 Å². The Balaban J connectivity index is 2.23. The van der Waals surface area contributed by atoms with Crippen molar-refractivity contribution in [1.82, 2.24) is 0 Å². The minimum absolute atomic E-state index is 0.582. The summed E-state index contributed by atoms with van der Waals surface area (Å²) in [4.78, 5) is 0. The van der Waals surface area contributed by atoms with E-state index in [-0.39, 0.29) is 0 Å². The molecule has 0 radical (unpaired) electrons. The van der Waals surface area contributed by atoms with Gasteiger partial charge in [0, 0.05) is 0 Å². The molecule has 0 heterocycles. The maximum absolute atomic E-state index is 10.2. The van der Waals surface area contributed by atoms with Crippen molar-refractivity contribution in [2.24, 2.45) is 0 Å². The van der Waals surface area contributed by atoms with Gasteiger partial charge in [0.1, 0.15) is 11.9 Å². The fourth-order valence-electron chi connectivity index (χ4n) is 1.73. The van der Waals surface area contributed by atoms with Crippen LogP contribution in [0.1, 0.15) is 22.8 Å². The summed E-state index contributed by atoms with van der Waals surface area (Å²) in [6.45, 7) is 2.03. The van der Waals surface area contributed by atoms with Crippen LogP contribution in [0.15, 0.2) is 48.5 Å². The number of aliphatic hydroxyl groups excluding tert-OH is 1. The second-order valence-electron chi connectivity index (χ2n) is 4.09. The summed E-state index contributed by atoms with van der Waals surface area (Å²) in [5, 5.41) is 10.2. The van der Waals surface area contributed by atoms with E-state index in [9.17, 15) is 5.11 Å². The van der Waals surface area contributed by atoms with Gasteiger partial charge in [0.25, 0.3) is 0 Å². The van der Waals surface area contributed by atoms with Crippen molar-refractivity contribution in [2.75, 3.05) is 7.11 Å². The molecule has 2 aromatic rings. The number of ether oxygens (including phenoxy) is 1. The molecular formula is C15H16O2. The molecule has 0 fully saturated rings. The molecule has 2 heteroatoms. The van der Waals surface area contributed by atoms with Gasteiger partial charge in [0.15, 0.2) is 0 Å². The molecule has 2 nitrogen and oxygen atoms in total. The largest absolute Gasteiger partial charge is 0.497 e. The van der Waals surface area contributed by atoms with E-state index >= 15 is 0 Å². The van der Waals surface area contributed by atoms with Crippen molar-refractivity contribution in [3.63, 3.8) is 0 Å². The average molecular weight is 228 g/mol. The smallest absolute Gasteiger partial charge is 0.118 e. The zero-order valence-electron chi connectivity index (χ0n) is 10.1. The number of aryl methyl sites for hydroxylation is 1. The summed E-state index contributed by atoms with van der Waals surface area (Å²) < 4.78 is 5.09. The highest BCUT2D eigenvalue weighted by Crippen LogP contribution is 2.23. The number of hydrogen-bond acceptors (Lipinski definition) is 2. The lowest BCUT2D eigenvalue weighted by Crippen LogP contribution is -1.99. The van der Waals surface area contributed by atoms with Gasteiger partial charge in [-0.25, -0.2) is 0 Å². The fraction of sp³-hybridized carbons (Fsp3) is 0.200. The number of benzene rings is 2. The average Bonchev–Trinajstić information content (AvgIpc) is 2.39. The monoisotopic (exact) mass is 228 g/mol. The first-order chi connectivity index (χ1) is 8.20. The predicted octanol–water partition coefficient (Wildman–Crippen LogP) is 3.09. The van der Waals surface area contributed by atoms with E-state index in [4.69, 9.17) is 4.74 Å². The SMILES string of the molecule is COc1ccc(C(O)c2ccc(C)cc2)cc1. The lowest BCUT2D eigenvalue weighted by Gasteiger charge is -2.12. The summed E-state index contributed by atoms with van der Waals surface area (Å²) >= 11 is 0. The zero-order chi connectivity index (χ0) is 12.3. The zero-order valence-corrected chi connectivity index (χ0v) is 10.1. The Kier molecular flexibility index (Phi) is 3.45. The first-order valence-corrected chi connectivity index (χ1v) is 5.59. The quantitative estimate of drug-likeness (QED) is 0.874. The standard InChI is InChI=1S/C15H16O2/c1-11-3-5-12(6-4-11)15(16)13-7-9-14(17-2)10-8-13/h3-10,15-16H,1-2H3. The second kappa shape index (κ2) is 5.02. The molecule has 2 aromatic carbocycles. The van der Waals surface area contributed by atoms with Crippen molar-refractivity contribution < 1.29 is 9.84 Å². The molecule has 17 heavy (non-hydrogen) atoms. The molecule has 0 aliphatic rings. The first-order valence-electron chi connectivity index (χ1n) is 5.59. The van der Waals surface area contributed by atoms with Crippen LogP contribution in [0.3, 0.4) is 0 Å². The van der Waals surface area contributed by atoms with Crippen LogP contribution >= 0.6 is 0 Å². The highest BCUT2D eigenvalue weighted by Gasteiger charge is 2.09. The van der Waals surface area contributed by atoms with Gasteiger partial charge in [-0.15, -0.1) is 0 Å². The van der Waals surface area contributed by atoms with E-state index in [1.807, 2.05) is 55.5 Å². The number of hydrogen-bond donors (Lipinski definition) is 1. The van der Waals surface area contributed by atoms with Crippen LogP contribution in [-0.2, 0) is 0 Å². The van der Waals surface area contributed by atoms with Crippen LogP contribution in [0.4, 0.5) is 0 Å². The molecule has 2 rings (SSSR count). The molecule has 1 unspecified atom stereocenters. The summed E-state index contributed by atoms with van der Waals surface area (Å²) in [6.07, 6.45) is -0.582. The lowest BCUT2D eigenvalue weighted by atomic mass is 10.0. The van der Waals surface area contributed by atoms with Gasteiger partial charge in [0.05, 0.1) is 7.11 Å². The van der Waals surface area contributed by atoms with Crippen molar-refractivity contribution in [3.8, 4) is 5.75 Å². The molecule has 0 saturated heterocycles. The van der Waals surface area contributed by atoms with E-state index < -0.39 is 6.10 Å². The Labute approximate surface area is 101 Å². The summed E-state index contributed by atoms with van der Waals surface area (Å²) in [5.74, 6) is 0.796. The highest BCUT2D eigenvalue weighted by molar-refractivity contribution is 5.34. The molecule has 0 spiro atoms. The minimum atomic E-state index is -0.582. The van der Waals surface area contributed by atoms with Crippen molar-refractivity contribution in [3.05, 3.63) is 65.2 Å². The Morgan fingerprint density at radius 3 is 1.82 bits per heavy atom. The molecule has 1 N–H and O–H groups in total. The third kappa shape index (κ3) is 2.66. The molecule has 1 atom stereocenters. The molecule has 0 saturated carbocycles. The van der Waals surface area contributed by atoms with E-state index in [2.05, 4.69) is 0 Å². The van der Waals surface area contributed by atoms with Crippen LogP contribution in [0.25, 0.3) is 0 Å². The number of methoxy groups -OCH3 is 1. The van der Waals surface area contributed by atoms with Gasteiger partial charge in [-0.2, -0.15) is 0 Å². The van der Waals surface area contributed by atoms with Crippen molar-refractivity contribution in [2.45, 2.75) is 13.0 Å². The van der Waals surface area contributed by atoms with Crippen LogP contribution in [-0.4, -0.2) is 12.2 Å². The van der Waals surface area contributed by atoms with Crippen LogP contribution < -0.4 is 4.74 Å². The Hall–Kier alpha value is -1.80. The van der Waals surface area contributed by atoms with Crippen LogP contribution in [0.5, 0.6) is 5.75 Å². The number of rotatable bonds is 3. The molecular weight excluding hydrogens is 212 g/mol. The third-order valence-electron chi connectivity index (χ3n) is 2.82. The predicted molar refractivity (Wildman–Crippen MR) is 68.2 cm³/mol. The third-order valence-corrected chi connectivity index (χ3v) is 2.82. The van der Waals surface area contributed by atoms with Gasteiger partial charge in [-0.1, -0.05) is 42.0 Å². The Morgan fingerprint density at radius 1 is 0.882 bits per heavy atom. The number of aliphatic hydroxyl groups is 1. The van der Waals surface area contributed by atoms with E-state index in [0.29, 0.717) is 0 Å². The maximum Gasteiger partial charge on any atom is 0.118 e. The van der Waals surface area contributed by atoms with Gasteiger partial charge in [-0.3, -0.25) is 0 Å². The first kappa shape index (κ1) is 11.7. The van der Waals surface area contributed by atoms with Crippen LogP contribution in [0.2, 0.25) is 0 Å². The molecule has 0 amide bonds. The van der Waals surface area contributed by atoms with Crippen LogP contribution in [0, 0.1) is 6.92 Å². The highest BCUT2D eigenvalue weighted by atomic mass is 16.5. The molecule has 88 valence electrons. The molecule has 0 aromatic heterocycles. The maximum atomic E-state index is 10.2. The fourth-order valence-corrected chi connectivity index (χ4v) is 1.73. The van der Waals surface area contributed by atoms with Crippen molar-refractivity contribution in [1.29, 1.82) is 0 Å². The normalized spacial score (nSPS) is 12.2. The Bertz CT molecular complexity index is 471. The minimum Gasteiger partial charge on any atom is -0.497 e. The summed E-state index contributed by atoms with van der Waals surface area (Å²) in [7, 11) is 1.63. The van der Waals surface area contributed by atoms with Crippen molar-refractivity contribution >= 4 is 0 Å². The summed E-state index contributed by atoms with van der Waals surface area (Å²) in [6, 6.07) is 15.4. The molecule has 0 bridgehead atoms. The Morgan fingerprint density at radius 2 is 1.35 bits per heavy atom. The second-order valence-corrected chi connectivity index (χ2v) is 4.09. The lowest BCUT2D eigenvalue weighted by molar-refractivity contribution is 0.220. The van der Waals surface area contributed by atoms with E-state index in [1.54, 1.807) is 7.11 Å².